The third kappa shape index (κ3) is 2.66. The van der Waals surface area contributed by atoms with Crippen LogP contribution in [0.3, 0.4) is 0 Å². The average Bonchev–Trinajstić information content (AvgIpc) is 2.94. The summed E-state index contributed by atoms with van der Waals surface area (Å²) in [6.07, 6.45) is 1.51. The van der Waals surface area contributed by atoms with E-state index < -0.39 is 5.97 Å². The van der Waals surface area contributed by atoms with E-state index in [0.717, 1.165) is 11.3 Å². The number of benzene rings is 2. The number of carbonyl (C=O) groups is 1. The van der Waals surface area contributed by atoms with Gasteiger partial charge in [0.2, 0.25) is 0 Å². The Morgan fingerprint density at radius 3 is 2.33 bits per heavy atom. The van der Waals surface area contributed by atoms with Crippen molar-refractivity contribution in [2.45, 2.75) is 0 Å². The van der Waals surface area contributed by atoms with E-state index in [2.05, 4.69) is 5.10 Å². The van der Waals surface area contributed by atoms with E-state index in [9.17, 15) is 9.90 Å². The fraction of sp³-hybridized carbons (Fsp3) is 0. The highest BCUT2D eigenvalue weighted by atomic mass is 35.5. The molecule has 1 heterocycles. The number of aromatic nitrogens is 2. The van der Waals surface area contributed by atoms with Gasteiger partial charge in [-0.15, -0.1) is 0 Å². The molecule has 1 N–H and O–H groups in total. The molecule has 2 aromatic carbocycles. The lowest BCUT2D eigenvalue weighted by atomic mass is 10.1. The Hall–Kier alpha value is -2.59. The summed E-state index contributed by atoms with van der Waals surface area (Å²) < 4.78 is 1.54. The van der Waals surface area contributed by atoms with E-state index in [-0.39, 0.29) is 5.56 Å². The lowest BCUT2D eigenvalue weighted by Crippen LogP contribution is -1.96. The molecule has 0 aliphatic carbocycles. The molecule has 0 aliphatic heterocycles. The molecule has 0 aliphatic rings. The number of carboxylic acids is 1. The highest BCUT2D eigenvalue weighted by Gasteiger charge is 2.17. The van der Waals surface area contributed by atoms with Gasteiger partial charge in [0.05, 0.1) is 5.69 Å². The van der Waals surface area contributed by atoms with Crippen LogP contribution in [0.4, 0.5) is 0 Å². The monoisotopic (exact) mass is 298 g/mol. The quantitative estimate of drug-likeness (QED) is 0.798. The zero-order chi connectivity index (χ0) is 14.8. The van der Waals surface area contributed by atoms with Gasteiger partial charge in [0, 0.05) is 16.8 Å². The second-order valence-corrected chi connectivity index (χ2v) is 4.92. The molecule has 0 bridgehead atoms. The van der Waals surface area contributed by atoms with Gasteiger partial charge < -0.3 is 5.11 Å². The van der Waals surface area contributed by atoms with Crippen LogP contribution >= 0.6 is 11.6 Å². The SMILES string of the molecule is O=C(O)c1cn(-c2ccc(Cl)cc2)nc1-c1ccccc1. The summed E-state index contributed by atoms with van der Waals surface area (Å²) in [5.74, 6) is -1.01. The topological polar surface area (TPSA) is 55.1 Å². The van der Waals surface area contributed by atoms with Crippen molar-refractivity contribution in [3.8, 4) is 16.9 Å². The van der Waals surface area contributed by atoms with Crippen molar-refractivity contribution in [3.05, 3.63) is 71.4 Å². The van der Waals surface area contributed by atoms with E-state index in [4.69, 9.17) is 11.6 Å². The largest absolute Gasteiger partial charge is 0.478 e. The summed E-state index contributed by atoms with van der Waals surface area (Å²) in [6.45, 7) is 0. The van der Waals surface area contributed by atoms with Crippen LogP contribution in [0.25, 0.3) is 16.9 Å². The van der Waals surface area contributed by atoms with Crippen LogP contribution in [0.2, 0.25) is 5.02 Å². The molecule has 21 heavy (non-hydrogen) atoms. The summed E-state index contributed by atoms with van der Waals surface area (Å²) in [4.78, 5) is 11.4. The highest BCUT2D eigenvalue weighted by molar-refractivity contribution is 6.30. The second kappa shape index (κ2) is 5.42. The average molecular weight is 299 g/mol. The number of carboxylic acid groups (broad SMARTS) is 1. The van der Waals surface area contributed by atoms with Crippen molar-refractivity contribution in [2.75, 3.05) is 0 Å². The summed E-state index contributed by atoms with van der Waals surface area (Å²) in [5.41, 5.74) is 2.13. The maximum Gasteiger partial charge on any atom is 0.339 e. The predicted molar refractivity (Wildman–Crippen MR) is 81.0 cm³/mol. The van der Waals surface area contributed by atoms with Crippen molar-refractivity contribution >= 4 is 17.6 Å². The van der Waals surface area contributed by atoms with Gasteiger partial charge in [-0.2, -0.15) is 5.10 Å². The minimum absolute atomic E-state index is 0.163. The van der Waals surface area contributed by atoms with Gasteiger partial charge in [-0.25, -0.2) is 9.48 Å². The first kappa shape index (κ1) is 13.4. The van der Waals surface area contributed by atoms with E-state index >= 15 is 0 Å². The number of rotatable bonds is 3. The Morgan fingerprint density at radius 2 is 1.71 bits per heavy atom. The Labute approximate surface area is 126 Å². The molecule has 0 spiro atoms. The molecule has 3 rings (SSSR count). The zero-order valence-electron chi connectivity index (χ0n) is 10.9. The molecule has 1 aromatic heterocycles. The fourth-order valence-electron chi connectivity index (χ4n) is 2.07. The Balaban J connectivity index is 2.13. The Morgan fingerprint density at radius 1 is 1.05 bits per heavy atom. The van der Waals surface area contributed by atoms with Crippen LogP contribution in [0.5, 0.6) is 0 Å². The van der Waals surface area contributed by atoms with Crippen LogP contribution < -0.4 is 0 Å². The van der Waals surface area contributed by atoms with Crippen LogP contribution in [0.1, 0.15) is 10.4 Å². The molecule has 3 aromatic rings. The summed E-state index contributed by atoms with van der Waals surface area (Å²) in [6, 6.07) is 16.3. The van der Waals surface area contributed by atoms with Crippen LogP contribution in [-0.2, 0) is 0 Å². The number of nitrogens with zero attached hydrogens (tertiary/aromatic N) is 2. The maximum atomic E-state index is 11.4. The predicted octanol–water partition coefficient (Wildman–Crippen LogP) is 3.89. The number of halogens is 1. The van der Waals surface area contributed by atoms with Gasteiger partial charge in [-0.05, 0) is 24.3 Å². The first-order valence-corrected chi connectivity index (χ1v) is 6.67. The molecule has 0 saturated heterocycles. The fourth-order valence-corrected chi connectivity index (χ4v) is 2.19. The van der Waals surface area contributed by atoms with Gasteiger partial charge in [-0.1, -0.05) is 41.9 Å². The third-order valence-electron chi connectivity index (χ3n) is 3.08. The molecular formula is C16H11ClN2O2. The molecule has 0 unspecified atom stereocenters. The minimum atomic E-state index is -1.01. The molecule has 0 radical (unpaired) electrons. The molecule has 0 atom stereocenters. The number of hydrogen-bond donors (Lipinski definition) is 1. The third-order valence-corrected chi connectivity index (χ3v) is 3.34. The normalized spacial score (nSPS) is 10.5. The van der Waals surface area contributed by atoms with Gasteiger partial charge in [0.1, 0.15) is 11.3 Å². The van der Waals surface area contributed by atoms with Crippen molar-refractivity contribution < 1.29 is 9.90 Å². The van der Waals surface area contributed by atoms with Crippen LogP contribution in [0, 0.1) is 0 Å². The van der Waals surface area contributed by atoms with E-state index in [0.29, 0.717) is 10.7 Å². The van der Waals surface area contributed by atoms with Gasteiger partial charge >= 0.3 is 5.97 Å². The smallest absolute Gasteiger partial charge is 0.339 e. The van der Waals surface area contributed by atoms with Crippen molar-refractivity contribution in [3.63, 3.8) is 0 Å². The molecule has 0 amide bonds. The number of hydrogen-bond acceptors (Lipinski definition) is 2. The van der Waals surface area contributed by atoms with Gasteiger partial charge in [-0.3, -0.25) is 0 Å². The summed E-state index contributed by atoms with van der Waals surface area (Å²) >= 11 is 5.86. The lowest BCUT2D eigenvalue weighted by Gasteiger charge is -2.01. The van der Waals surface area contributed by atoms with Gasteiger partial charge in [0.15, 0.2) is 0 Å². The standard InChI is InChI=1S/C16H11ClN2O2/c17-12-6-8-13(9-7-12)19-10-14(16(20)21)15(18-19)11-4-2-1-3-5-11/h1-10H,(H,20,21). The first-order chi connectivity index (χ1) is 10.1. The van der Waals surface area contributed by atoms with Crippen molar-refractivity contribution in [2.24, 2.45) is 0 Å². The molecule has 0 fully saturated rings. The zero-order valence-corrected chi connectivity index (χ0v) is 11.7. The Kier molecular flexibility index (Phi) is 3.46. The Bertz CT molecular complexity index is 780. The summed E-state index contributed by atoms with van der Waals surface area (Å²) in [7, 11) is 0. The molecule has 5 heteroatoms. The lowest BCUT2D eigenvalue weighted by molar-refractivity contribution is 0.0697. The van der Waals surface area contributed by atoms with E-state index in [1.165, 1.54) is 6.20 Å². The maximum absolute atomic E-state index is 11.4. The molecule has 104 valence electrons. The highest BCUT2D eigenvalue weighted by Crippen LogP contribution is 2.24. The first-order valence-electron chi connectivity index (χ1n) is 6.29. The van der Waals surface area contributed by atoms with E-state index in [1.54, 1.807) is 28.9 Å². The van der Waals surface area contributed by atoms with Crippen LogP contribution in [-0.4, -0.2) is 20.9 Å². The molecule has 4 nitrogen and oxygen atoms in total. The second-order valence-electron chi connectivity index (χ2n) is 4.48. The molecule has 0 saturated carbocycles. The van der Waals surface area contributed by atoms with Crippen molar-refractivity contribution in [1.29, 1.82) is 0 Å². The molecular weight excluding hydrogens is 288 g/mol. The van der Waals surface area contributed by atoms with E-state index in [1.807, 2.05) is 30.3 Å². The van der Waals surface area contributed by atoms with Gasteiger partial charge in [0.25, 0.3) is 0 Å². The van der Waals surface area contributed by atoms with Crippen LogP contribution in [0.15, 0.2) is 60.8 Å². The van der Waals surface area contributed by atoms with Crippen molar-refractivity contribution in [1.82, 2.24) is 9.78 Å². The summed E-state index contributed by atoms with van der Waals surface area (Å²) in [5, 5.41) is 14.4. The number of aromatic carboxylic acids is 1. The minimum Gasteiger partial charge on any atom is -0.478 e.